The number of nitrogens with one attached hydrogen (secondary N) is 1. The summed E-state index contributed by atoms with van der Waals surface area (Å²) in [6.45, 7) is 7.01. The molecule has 4 nitrogen and oxygen atoms in total. The van der Waals surface area contributed by atoms with Crippen LogP contribution in [0.4, 0.5) is 0 Å². The Hall–Kier alpha value is -0.160. The molecule has 1 aliphatic rings. The van der Waals surface area contributed by atoms with Crippen LogP contribution in [0.1, 0.15) is 20.3 Å². The fourth-order valence-electron chi connectivity index (χ4n) is 1.80. The zero-order valence-electron chi connectivity index (χ0n) is 9.95. The van der Waals surface area contributed by atoms with Crippen LogP contribution in [0.25, 0.3) is 0 Å². The van der Waals surface area contributed by atoms with E-state index in [1.807, 2.05) is 0 Å². The van der Waals surface area contributed by atoms with Gasteiger partial charge in [-0.05, 0) is 6.42 Å². The molecule has 90 valence electrons. The van der Waals surface area contributed by atoms with Crippen molar-refractivity contribution in [2.24, 2.45) is 5.41 Å². The van der Waals surface area contributed by atoms with Crippen molar-refractivity contribution in [3.63, 3.8) is 0 Å². The lowest BCUT2D eigenvalue weighted by molar-refractivity contribution is -0.0739. The smallest absolute Gasteiger partial charge is 0.0700 e. The molecule has 2 unspecified atom stereocenters. The van der Waals surface area contributed by atoms with Crippen LogP contribution in [0.3, 0.4) is 0 Å². The van der Waals surface area contributed by atoms with E-state index in [2.05, 4.69) is 19.2 Å². The first-order valence-corrected chi connectivity index (χ1v) is 5.57. The van der Waals surface area contributed by atoms with E-state index in [0.29, 0.717) is 25.9 Å². The average molecular weight is 217 g/mol. The summed E-state index contributed by atoms with van der Waals surface area (Å²) in [7, 11) is 1.67. The Balaban J connectivity index is 1.97. The predicted molar refractivity (Wildman–Crippen MR) is 58.9 cm³/mol. The van der Waals surface area contributed by atoms with Gasteiger partial charge in [-0.1, -0.05) is 13.8 Å². The van der Waals surface area contributed by atoms with E-state index in [0.717, 1.165) is 13.0 Å². The van der Waals surface area contributed by atoms with Crippen molar-refractivity contribution >= 4 is 0 Å². The largest absolute Gasteiger partial charge is 0.392 e. The molecule has 0 saturated heterocycles. The molecule has 1 rings (SSSR count). The van der Waals surface area contributed by atoms with E-state index in [9.17, 15) is 5.11 Å². The summed E-state index contributed by atoms with van der Waals surface area (Å²) < 4.78 is 10.2. The van der Waals surface area contributed by atoms with Crippen LogP contribution in [0.5, 0.6) is 0 Å². The van der Waals surface area contributed by atoms with Gasteiger partial charge in [0.25, 0.3) is 0 Å². The highest BCUT2D eigenvalue weighted by atomic mass is 16.5. The van der Waals surface area contributed by atoms with Gasteiger partial charge in [-0.15, -0.1) is 0 Å². The van der Waals surface area contributed by atoms with Crippen LogP contribution in [-0.4, -0.2) is 50.7 Å². The molecule has 4 heteroatoms. The quantitative estimate of drug-likeness (QED) is 0.606. The van der Waals surface area contributed by atoms with Gasteiger partial charge in [-0.2, -0.15) is 0 Å². The van der Waals surface area contributed by atoms with Crippen LogP contribution < -0.4 is 5.32 Å². The van der Waals surface area contributed by atoms with E-state index in [-0.39, 0.29) is 11.5 Å². The molecule has 0 amide bonds. The minimum absolute atomic E-state index is 0.00648. The molecule has 0 aromatic heterocycles. The second kappa shape index (κ2) is 5.80. The summed E-state index contributed by atoms with van der Waals surface area (Å²) in [5, 5.41) is 12.9. The number of rotatable bonds is 7. The molecule has 0 radical (unpaired) electrons. The Morgan fingerprint density at radius 1 is 1.33 bits per heavy atom. The Kier molecular flexibility index (Phi) is 4.99. The fraction of sp³-hybridized carbons (Fsp3) is 1.00. The minimum Gasteiger partial charge on any atom is -0.392 e. The summed E-state index contributed by atoms with van der Waals surface area (Å²) in [5.74, 6) is 0. The summed E-state index contributed by atoms with van der Waals surface area (Å²) in [5.41, 5.74) is 0.00648. The maximum atomic E-state index is 9.53. The van der Waals surface area contributed by atoms with Crippen molar-refractivity contribution in [1.29, 1.82) is 0 Å². The van der Waals surface area contributed by atoms with Gasteiger partial charge < -0.3 is 19.9 Å². The Bertz CT molecular complexity index is 185. The molecule has 1 fully saturated rings. The maximum Gasteiger partial charge on any atom is 0.0700 e. The zero-order valence-corrected chi connectivity index (χ0v) is 9.95. The molecule has 0 spiro atoms. The average Bonchev–Trinajstić information content (AvgIpc) is 2.21. The first-order chi connectivity index (χ1) is 7.09. The third kappa shape index (κ3) is 3.41. The van der Waals surface area contributed by atoms with Gasteiger partial charge in [0.05, 0.1) is 25.9 Å². The number of hydrogen-bond donors (Lipinski definition) is 2. The van der Waals surface area contributed by atoms with Crippen molar-refractivity contribution in [1.82, 2.24) is 5.32 Å². The van der Waals surface area contributed by atoms with E-state index < -0.39 is 0 Å². The van der Waals surface area contributed by atoms with E-state index in [1.54, 1.807) is 7.11 Å². The second-order valence-electron chi connectivity index (χ2n) is 4.68. The second-order valence-corrected chi connectivity index (χ2v) is 4.68. The lowest BCUT2D eigenvalue weighted by atomic mass is 9.64. The van der Waals surface area contributed by atoms with Gasteiger partial charge in [0.15, 0.2) is 0 Å². The highest BCUT2D eigenvalue weighted by molar-refractivity contribution is 5.01. The Labute approximate surface area is 92.0 Å². The highest BCUT2D eigenvalue weighted by Crippen LogP contribution is 2.40. The van der Waals surface area contributed by atoms with Gasteiger partial charge in [-0.3, -0.25) is 0 Å². The number of aliphatic hydroxyl groups is 1. The van der Waals surface area contributed by atoms with Crippen LogP contribution in [0.15, 0.2) is 0 Å². The SMILES string of the molecule is COCCOCCNC1CC(O)C1(C)C. The zero-order chi connectivity index (χ0) is 11.3. The minimum atomic E-state index is -0.163. The van der Waals surface area contributed by atoms with Gasteiger partial charge in [0, 0.05) is 25.1 Å². The number of hydrogen-bond acceptors (Lipinski definition) is 4. The summed E-state index contributed by atoms with van der Waals surface area (Å²) in [6.07, 6.45) is 0.690. The molecular formula is C11H23NO3. The molecule has 1 saturated carbocycles. The fourth-order valence-corrected chi connectivity index (χ4v) is 1.80. The summed E-state index contributed by atoms with van der Waals surface area (Å²) in [4.78, 5) is 0. The van der Waals surface area contributed by atoms with Crippen LogP contribution in [0.2, 0.25) is 0 Å². The topological polar surface area (TPSA) is 50.7 Å². The van der Waals surface area contributed by atoms with Crippen molar-refractivity contribution in [3.05, 3.63) is 0 Å². The van der Waals surface area contributed by atoms with Gasteiger partial charge >= 0.3 is 0 Å². The number of aliphatic hydroxyl groups excluding tert-OH is 1. The summed E-state index contributed by atoms with van der Waals surface area (Å²) in [6, 6.07) is 0.415. The van der Waals surface area contributed by atoms with Gasteiger partial charge in [-0.25, -0.2) is 0 Å². The molecule has 0 heterocycles. The molecule has 0 aromatic carbocycles. The number of methoxy groups -OCH3 is 1. The Morgan fingerprint density at radius 2 is 2.07 bits per heavy atom. The van der Waals surface area contributed by atoms with Crippen molar-refractivity contribution in [2.45, 2.75) is 32.4 Å². The van der Waals surface area contributed by atoms with Gasteiger partial charge in [0.2, 0.25) is 0 Å². The van der Waals surface area contributed by atoms with E-state index >= 15 is 0 Å². The molecule has 1 aliphatic carbocycles. The molecular weight excluding hydrogens is 194 g/mol. The normalized spacial score (nSPS) is 28.8. The molecule has 15 heavy (non-hydrogen) atoms. The highest BCUT2D eigenvalue weighted by Gasteiger charge is 2.46. The third-order valence-electron chi connectivity index (χ3n) is 3.28. The van der Waals surface area contributed by atoms with E-state index in [1.165, 1.54) is 0 Å². The van der Waals surface area contributed by atoms with Crippen LogP contribution >= 0.6 is 0 Å². The third-order valence-corrected chi connectivity index (χ3v) is 3.28. The molecule has 0 aromatic rings. The van der Waals surface area contributed by atoms with E-state index in [4.69, 9.17) is 9.47 Å². The van der Waals surface area contributed by atoms with Crippen molar-refractivity contribution in [3.8, 4) is 0 Å². The molecule has 0 aliphatic heterocycles. The lowest BCUT2D eigenvalue weighted by Crippen LogP contribution is -2.60. The molecule has 2 N–H and O–H groups in total. The summed E-state index contributed by atoms with van der Waals surface area (Å²) >= 11 is 0. The standard InChI is InChI=1S/C11H23NO3/c1-11(2)9(8-10(11)13)12-4-5-15-7-6-14-3/h9-10,12-13H,4-8H2,1-3H3. The van der Waals surface area contributed by atoms with Crippen molar-refractivity contribution < 1.29 is 14.6 Å². The predicted octanol–water partition coefficient (Wildman–Crippen LogP) is 0.398. The first-order valence-electron chi connectivity index (χ1n) is 5.57. The first kappa shape index (κ1) is 12.9. The maximum absolute atomic E-state index is 9.53. The van der Waals surface area contributed by atoms with Crippen molar-refractivity contribution in [2.75, 3.05) is 33.5 Å². The molecule has 0 bridgehead atoms. The van der Waals surface area contributed by atoms with Crippen LogP contribution in [0, 0.1) is 5.41 Å². The monoisotopic (exact) mass is 217 g/mol. The van der Waals surface area contributed by atoms with Gasteiger partial charge in [0.1, 0.15) is 0 Å². The number of ether oxygens (including phenoxy) is 2. The Morgan fingerprint density at radius 3 is 2.60 bits per heavy atom. The van der Waals surface area contributed by atoms with Crippen LogP contribution in [-0.2, 0) is 9.47 Å². The molecule has 2 atom stereocenters. The lowest BCUT2D eigenvalue weighted by Gasteiger charge is -2.49.